The molecule has 1 aliphatic rings. The van der Waals surface area contributed by atoms with Gasteiger partial charge in [-0.25, -0.2) is 18.0 Å². The molecule has 5 nitrogen and oxygen atoms in total. The van der Waals surface area contributed by atoms with Gasteiger partial charge in [0, 0.05) is 6.07 Å². The van der Waals surface area contributed by atoms with Gasteiger partial charge in [-0.3, -0.25) is 4.79 Å². The number of ketones is 1. The summed E-state index contributed by atoms with van der Waals surface area (Å²) >= 11 is 11.8. The van der Waals surface area contributed by atoms with Crippen LogP contribution in [0.1, 0.15) is 15.9 Å². The van der Waals surface area contributed by atoms with Crippen molar-refractivity contribution < 1.29 is 45.8 Å². The third-order valence-electron chi connectivity index (χ3n) is 4.62. The number of esters is 1. The largest absolute Gasteiger partial charge is 0.476 e. The van der Waals surface area contributed by atoms with Crippen LogP contribution in [0, 0.1) is 29.1 Å². The zero-order chi connectivity index (χ0) is 25.4. The van der Waals surface area contributed by atoms with Gasteiger partial charge in [-0.15, -0.1) is 0 Å². The maximum Gasteiger partial charge on any atom is 0.349 e. The molecule has 35 heavy (non-hydrogen) atoms. The summed E-state index contributed by atoms with van der Waals surface area (Å²) in [5.41, 5.74) is 0.696. The molecule has 0 saturated heterocycles. The molecule has 0 fully saturated rings. The van der Waals surface area contributed by atoms with Gasteiger partial charge in [0.2, 0.25) is 34.9 Å². The molecule has 180 valence electrons. The van der Waals surface area contributed by atoms with Crippen LogP contribution in [0.4, 0.5) is 22.0 Å². The van der Waals surface area contributed by atoms with Crippen LogP contribution in [0.3, 0.4) is 0 Å². The number of rotatable bonds is 5. The van der Waals surface area contributed by atoms with Crippen LogP contribution in [0.25, 0.3) is 6.08 Å². The molecule has 0 amide bonds. The van der Waals surface area contributed by atoms with Crippen molar-refractivity contribution in [3.8, 4) is 17.2 Å². The van der Waals surface area contributed by atoms with E-state index in [9.17, 15) is 31.5 Å². The number of benzene rings is 3. The van der Waals surface area contributed by atoms with Crippen molar-refractivity contribution in [3.05, 3.63) is 92.4 Å². The molecule has 0 N–H and O–H groups in total. The molecule has 3 aromatic rings. The van der Waals surface area contributed by atoms with Crippen molar-refractivity contribution in [2.45, 2.75) is 0 Å². The zero-order valence-corrected chi connectivity index (χ0v) is 18.4. The standard InChI is InChI=1S/C23H9Cl2F5O5/c24-12-4-1-9(5-13(12)25)6-15-22(32)11-3-2-10(7-14(11)35-15)34-16(31)8-33-23-20(29)18(27)17(26)19(28)21(23)30/h1-7H,8H2/b15-6-. The van der Waals surface area contributed by atoms with Crippen molar-refractivity contribution in [3.63, 3.8) is 0 Å². The minimum absolute atomic E-state index is 0.0449. The van der Waals surface area contributed by atoms with E-state index in [-0.39, 0.29) is 27.8 Å². The van der Waals surface area contributed by atoms with E-state index >= 15 is 0 Å². The van der Waals surface area contributed by atoms with E-state index in [4.69, 9.17) is 32.7 Å². The number of allylic oxidation sites excluding steroid dienone is 1. The van der Waals surface area contributed by atoms with Crippen LogP contribution in [-0.2, 0) is 4.79 Å². The third kappa shape index (κ3) is 4.80. The first-order chi connectivity index (χ1) is 16.6. The third-order valence-corrected chi connectivity index (χ3v) is 5.36. The Hall–Kier alpha value is -3.63. The van der Waals surface area contributed by atoms with Crippen LogP contribution >= 0.6 is 23.2 Å². The van der Waals surface area contributed by atoms with Crippen LogP contribution < -0.4 is 14.2 Å². The molecule has 1 aliphatic heterocycles. The fraction of sp³-hybridized carbons (Fsp3) is 0.0435. The van der Waals surface area contributed by atoms with E-state index in [1.54, 1.807) is 6.07 Å². The fourth-order valence-corrected chi connectivity index (χ4v) is 3.29. The van der Waals surface area contributed by atoms with E-state index in [0.717, 1.165) is 0 Å². The molecule has 0 spiro atoms. The quantitative estimate of drug-likeness (QED) is 0.0968. The maximum atomic E-state index is 13.6. The zero-order valence-electron chi connectivity index (χ0n) is 16.9. The van der Waals surface area contributed by atoms with Crippen molar-refractivity contribution in [1.82, 2.24) is 0 Å². The van der Waals surface area contributed by atoms with Crippen molar-refractivity contribution in [1.29, 1.82) is 0 Å². The second-order valence-corrected chi connectivity index (χ2v) is 7.75. The van der Waals surface area contributed by atoms with Crippen LogP contribution in [0.2, 0.25) is 10.0 Å². The molecular weight excluding hydrogens is 522 g/mol. The minimum Gasteiger partial charge on any atom is -0.476 e. The van der Waals surface area contributed by atoms with Crippen molar-refractivity contribution >= 4 is 41.0 Å². The van der Waals surface area contributed by atoms with E-state index in [2.05, 4.69) is 4.74 Å². The molecule has 3 aromatic carbocycles. The Labute approximate surface area is 203 Å². The SMILES string of the molecule is O=C(COc1c(F)c(F)c(F)c(F)c1F)Oc1ccc2c(c1)O/C(=C\c1ccc(Cl)c(Cl)c1)C2=O. The molecule has 0 bridgehead atoms. The predicted octanol–water partition coefficient (Wildman–Crippen LogP) is 6.29. The molecule has 0 radical (unpaired) electrons. The van der Waals surface area contributed by atoms with Crippen LogP contribution in [0.15, 0.2) is 42.2 Å². The summed E-state index contributed by atoms with van der Waals surface area (Å²) in [5, 5.41) is 0.595. The fourth-order valence-electron chi connectivity index (χ4n) is 2.99. The number of halogens is 7. The highest BCUT2D eigenvalue weighted by atomic mass is 35.5. The molecule has 0 unspecified atom stereocenters. The number of Topliss-reactive ketones (excluding diaryl/α,β-unsaturated/α-hetero) is 1. The van der Waals surface area contributed by atoms with Gasteiger partial charge in [0.1, 0.15) is 11.5 Å². The topological polar surface area (TPSA) is 61.8 Å². The molecule has 12 heteroatoms. The summed E-state index contributed by atoms with van der Waals surface area (Å²) in [7, 11) is 0. The molecule has 0 atom stereocenters. The summed E-state index contributed by atoms with van der Waals surface area (Å²) in [5.74, 6) is -14.7. The molecule has 0 aromatic heterocycles. The van der Waals surface area contributed by atoms with Gasteiger partial charge < -0.3 is 14.2 Å². The second-order valence-electron chi connectivity index (χ2n) is 6.93. The lowest BCUT2D eigenvalue weighted by Crippen LogP contribution is -2.19. The molecule has 4 rings (SSSR count). The van der Waals surface area contributed by atoms with Gasteiger partial charge in [-0.1, -0.05) is 29.3 Å². The highest BCUT2D eigenvalue weighted by molar-refractivity contribution is 6.42. The Morgan fingerprint density at radius 3 is 2.20 bits per heavy atom. The average molecular weight is 531 g/mol. The summed E-state index contributed by atoms with van der Waals surface area (Å²) in [6.45, 7) is -1.18. The summed E-state index contributed by atoms with van der Waals surface area (Å²) < 4.78 is 81.7. The van der Waals surface area contributed by atoms with E-state index in [1.807, 2.05) is 0 Å². The molecular formula is C23H9Cl2F5O5. The maximum absolute atomic E-state index is 13.6. The monoisotopic (exact) mass is 530 g/mol. The Morgan fingerprint density at radius 1 is 0.886 bits per heavy atom. The van der Waals surface area contributed by atoms with E-state index in [0.29, 0.717) is 10.6 Å². The molecule has 1 heterocycles. The summed E-state index contributed by atoms with van der Waals surface area (Å²) in [6.07, 6.45) is 1.42. The van der Waals surface area contributed by atoms with Crippen LogP contribution in [-0.4, -0.2) is 18.4 Å². The second kappa shape index (κ2) is 9.55. The van der Waals surface area contributed by atoms with Crippen molar-refractivity contribution in [2.75, 3.05) is 6.61 Å². The number of fused-ring (bicyclic) bond motifs is 1. The lowest BCUT2D eigenvalue weighted by Gasteiger charge is -2.10. The molecule has 0 aliphatic carbocycles. The van der Waals surface area contributed by atoms with Gasteiger partial charge in [-0.05, 0) is 35.9 Å². The first kappa shape index (κ1) is 24.5. The Bertz CT molecular complexity index is 1390. The van der Waals surface area contributed by atoms with Gasteiger partial charge in [0.15, 0.2) is 18.1 Å². The summed E-state index contributed by atoms with van der Waals surface area (Å²) in [6, 6.07) is 8.40. The number of carbonyl (C=O) groups excluding carboxylic acids is 2. The van der Waals surface area contributed by atoms with Gasteiger partial charge in [0.25, 0.3) is 0 Å². The Morgan fingerprint density at radius 2 is 1.54 bits per heavy atom. The minimum atomic E-state index is -2.37. The van der Waals surface area contributed by atoms with E-state index in [1.165, 1.54) is 36.4 Å². The lowest BCUT2D eigenvalue weighted by molar-refractivity contribution is -0.136. The Kier molecular flexibility index (Phi) is 6.68. The van der Waals surface area contributed by atoms with E-state index < -0.39 is 53.2 Å². The van der Waals surface area contributed by atoms with Gasteiger partial charge >= 0.3 is 5.97 Å². The highest BCUT2D eigenvalue weighted by Gasteiger charge is 2.29. The number of hydrogen-bond donors (Lipinski definition) is 0. The first-order valence-corrected chi connectivity index (χ1v) is 10.2. The number of carbonyl (C=O) groups is 2. The number of hydrogen-bond acceptors (Lipinski definition) is 5. The Balaban J connectivity index is 1.46. The summed E-state index contributed by atoms with van der Waals surface area (Å²) in [4.78, 5) is 24.5. The smallest absolute Gasteiger partial charge is 0.349 e. The average Bonchev–Trinajstić information content (AvgIpc) is 3.13. The predicted molar refractivity (Wildman–Crippen MR) is 113 cm³/mol. The number of ether oxygens (including phenoxy) is 3. The normalized spacial score (nSPS) is 13.6. The lowest BCUT2D eigenvalue weighted by atomic mass is 10.1. The van der Waals surface area contributed by atoms with Gasteiger partial charge in [0.05, 0.1) is 15.6 Å². The molecule has 0 saturated carbocycles. The highest BCUT2D eigenvalue weighted by Crippen LogP contribution is 2.35. The van der Waals surface area contributed by atoms with Crippen molar-refractivity contribution in [2.24, 2.45) is 0 Å². The van der Waals surface area contributed by atoms with Crippen LogP contribution in [0.5, 0.6) is 17.2 Å². The van der Waals surface area contributed by atoms with Gasteiger partial charge in [-0.2, -0.15) is 8.78 Å². The first-order valence-electron chi connectivity index (χ1n) is 9.45.